The summed E-state index contributed by atoms with van der Waals surface area (Å²) in [7, 11) is 0. The van der Waals surface area contributed by atoms with Crippen LogP contribution in [0.4, 0.5) is 0 Å². The first-order valence-electron chi connectivity index (χ1n) is 28.3. The summed E-state index contributed by atoms with van der Waals surface area (Å²) in [6.45, 7) is 4.86. The average Bonchev–Trinajstić information content (AvgIpc) is 3.29. The van der Waals surface area contributed by atoms with Crippen LogP contribution in [0.1, 0.15) is 296 Å². The standard InChI is InChI=1S/C58H109NO5/c1-3-5-7-9-11-13-15-17-19-20-21-22-24-26-30-34-38-42-46-50-56(61)55(54-60)59-57(62)51-47-43-39-35-31-27-25-29-33-37-41-45-49-53-64-58(63)52-48-44-40-36-32-28-23-18-16-14-12-10-8-6-4-2/h18,23,27,31,46,50,55-56,60-61H,3-17,19-22,24-26,28-30,32-45,47-49,51-54H2,1-2H3,(H,59,62)/b23-18-,31-27-,50-46+. The Kier molecular flexibility index (Phi) is 52.1. The van der Waals surface area contributed by atoms with Gasteiger partial charge >= 0.3 is 5.97 Å². The number of amides is 1. The molecule has 0 aliphatic heterocycles. The molecule has 0 saturated heterocycles. The number of allylic oxidation sites excluding steroid dienone is 5. The van der Waals surface area contributed by atoms with Gasteiger partial charge in [0.2, 0.25) is 5.91 Å². The van der Waals surface area contributed by atoms with Crippen molar-refractivity contribution in [3.8, 4) is 0 Å². The number of rotatable bonds is 52. The van der Waals surface area contributed by atoms with Gasteiger partial charge < -0.3 is 20.3 Å². The summed E-state index contributed by atoms with van der Waals surface area (Å²) >= 11 is 0. The zero-order valence-electron chi connectivity index (χ0n) is 42.8. The zero-order chi connectivity index (χ0) is 46.5. The molecule has 0 aromatic heterocycles. The maximum atomic E-state index is 12.5. The molecule has 0 aliphatic rings. The summed E-state index contributed by atoms with van der Waals surface area (Å²) in [5.74, 6) is -0.119. The van der Waals surface area contributed by atoms with Gasteiger partial charge in [-0.15, -0.1) is 0 Å². The van der Waals surface area contributed by atoms with Crippen molar-refractivity contribution in [1.29, 1.82) is 0 Å². The van der Waals surface area contributed by atoms with E-state index in [4.69, 9.17) is 4.74 Å². The van der Waals surface area contributed by atoms with Gasteiger partial charge in [0, 0.05) is 12.8 Å². The molecule has 0 aliphatic carbocycles. The quantitative estimate of drug-likeness (QED) is 0.0321. The van der Waals surface area contributed by atoms with Gasteiger partial charge in [-0.3, -0.25) is 9.59 Å². The number of unbranched alkanes of at least 4 members (excludes halogenated alkanes) is 37. The Balaban J connectivity index is 3.54. The summed E-state index contributed by atoms with van der Waals surface area (Å²) in [5.41, 5.74) is 0. The molecule has 0 fully saturated rings. The van der Waals surface area contributed by atoms with Gasteiger partial charge in [-0.1, -0.05) is 237 Å². The molecule has 0 aromatic rings. The van der Waals surface area contributed by atoms with Crippen LogP contribution in [0.5, 0.6) is 0 Å². The highest BCUT2D eigenvalue weighted by Crippen LogP contribution is 2.16. The third kappa shape index (κ3) is 49.5. The van der Waals surface area contributed by atoms with Crippen LogP contribution in [0.3, 0.4) is 0 Å². The molecule has 2 unspecified atom stereocenters. The van der Waals surface area contributed by atoms with Crippen LogP contribution in [0.15, 0.2) is 36.5 Å². The molecule has 2 atom stereocenters. The third-order valence-corrected chi connectivity index (χ3v) is 12.9. The van der Waals surface area contributed by atoms with Crippen molar-refractivity contribution >= 4 is 11.9 Å². The Morgan fingerprint density at radius 2 is 0.734 bits per heavy atom. The van der Waals surface area contributed by atoms with Gasteiger partial charge in [-0.2, -0.15) is 0 Å². The largest absolute Gasteiger partial charge is 0.466 e. The second-order valence-electron chi connectivity index (χ2n) is 19.3. The first-order chi connectivity index (χ1) is 31.5. The van der Waals surface area contributed by atoms with E-state index in [-0.39, 0.29) is 18.5 Å². The van der Waals surface area contributed by atoms with Gasteiger partial charge in [0.1, 0.15) is 0 Å². The van der Waals surface area contributed by atoms with Gasteiger partial charge in [0.15, 0.2) is 0 Å². The second-order valence-corrected chi connectivity index (χ2v) is 19.3. The Hall–Kier alpha value is -1.92. The molecule has 0 aromatic carbocycles. The number of carbonyl (C=O) groups excluding carboxylic acids is 2. The van der Waals surface area contributed by atoms with Crippen molar-refractivity contribution in [2.75, 3.05) is 13.2 Å². The highest BCUT2D eigenvalue weighted by atomic mass is 16.5. The number of aliphatic hydroxyl groups excluding tert-OH is 2. The summed E-state index contributed by atoms with van der Waals surface area (Å²) in [6.07, 6.45) is 65.8. The Bertz CT molecular complexity index is 1040. The fraction of sp³-hybridized carbons (Fsp3) is 0.862. The minimum atomic E-state index is -0.863. The number of esters is 1. The van der Waals surface area contributed by atoms with Crippen molar-refractivity contribution in [2.24, 2.45) is 0 Å². The number of aliphatic hydroxyl groups is 2. The Labute approximate surface area is 398 Å². The predicted octanol–water partition coefficient (Wildman–Crippen LogP) is 17.2. The SMILES string of the molecule is CCCCCCCC/C=C\CCCCCCCC(=O)OCCCCCCCC/C=C\CCCCCC(=O)NC(CO)C(O)/C=C/CCCCCCCCCCCCCCCCCCC. The van der Waals surface area contributed by atoms with Crippen molar-refractivity contribution in [2.45, 2.75) is 309 Å². The molecule has 3 N–H and O–H groups in total. The summed E-state index contributed by atoms with van der Waals surface area (Å²) in [4.78, 5) is 24.5. The summed E-state index contributed by atoms with van der Waals surface area (Å²) in [6, 6.07) is -0.649. The monoisotopic (exact) mass is 900 g/mol. The normalized spacial score (nSPS) is 12.9. The molecule has 64 heavy (non-hydrogen) atoms. The molecule has 0 heterocycles. The lowest BCUT2D eigenvalue weighted by Crippen LogP contribution is -2.45. The van der Waals surface area contributed by atoms with E-state index in [1.165, 1.54) is 199 Å². The van der Waals surface area contributed by atoms with Gasteiger partial charge in [-0.05, 0) is 83.5 Å². The average molecular weight is 901 g/mol. The molecular weight excluding hydrogens is 791 g/mol. The van der Waals surface area contributed by atoms with Crippen LogP contribution >= 0.6 is 0 Å². The van der Waals surface area contributed by atoms with Crippen molar-refractivity contribution in [3.05, 3.63) is 36.5 Å². The van der Waals surface area contributed by atoms with Crippen LogP contribution in [-0.4, -0.2) is 47.4 Å². The van der Waals surface area contributed by atoms with E-state index in [2.05, 4.69) is 43.5 Å². The summed E-state index contributed by atoms with van der Waals surface area (Å²) in [5, 5.41) is 23.1. The molecule has 6 nitrogen and oxygen atoms in total. The number of nitrogens with one attached hydrogen (secondary N) is 1. The van der Waals surface area contributed by atoms with E-state index in [0.717, 1.165) is 70.6 Å². The maximum absolute atomic E-state index is 12.5. The molecule has 0 bridgehead atoms. The predicted molar refractivity (Wildman–Crippen MR) is 278 cm³/mol. The van der Waals surface area contributed by atoms with Crippen molar-refractivity contribution in [3.63, 3.8) is 0 Å². The Morgan fingerprint density at radius 3 is 1.12 bits per heavy atom. The maximum Gasteiger partial charge on any atom is 0.305 e. The van der Waals surface area contributed by atoms with Crippen molar-refractivity contribution in [1.82, 2.24) is 5.32 Å². The van der Waals surface area contributed by atoms with E-state index in [9.17, 15) is 19.8 Å². The second kappa shape index (κ2) is 53.7. The van der Waals surface area contributed by atoms with Crippen LogP contribution in [0.25, 0.3) is 0 Å². The first kappa shape index (κ1) is 62.1. The van der Waals surface area contributed by atoms with Crippen LogP contribution < -0.4 is 5.32 Å². The lowest BCUT2D eigenvalue weighted by atomic mass is 10.0. The van der Waals surface area contributed by atoms with E-state index in [1.54, 1.807) is 6.08 Å². The lowest BCUT2D eigenvalue weighted by Gasteiger charge is -2.19. The highest BCUT2D eigenvalue weighted by molar-refractivity contribution is 5.76. The zero-order valence-corrected chi connectivity index (χ0v) is 42.8. The van der Waals surface area contributed by atoms with E-state index in [0.29, 0.717) is 19.4 Å². The lowest BCUT2D eigenvalue weighted by molar-refractivity contribution is -0.143. The molecule has 1 amide bonds. The molecule has 0 radical (unpaired) electrons. The van der Waals surface area contributed by atoms with Gasteiger partial charge in [0.05, 0.1) is 25.4 Å². The first-order valence-corrected chi connectivity index (χ1v) is 28.3. The van der Waals surface area contributed by atoms with Gasteiger partial charge in [-0.25, -0.2) is 0 Å². The minimum Gasteiger partial charge on any atom is -0.466 e. The van der Waals surface area contributed by atoms with Crippen LogP contribution in [0, 0.1) is 0 Å². The van der Waals surface area contributed by atoms with Gasteiger partial charge in [0.25, 0.3) is 0 Å². The molecule has 376 valence electrons. The highest BCUT2D eigenvalue weighted by Gasteiger charge is 2.18. The number of ether oxygens (including phenoxy) is 1. The number of carbonyl (C=O) groups is 2. The van der Waals surface area contributed by atoms with E-state index < -0.39 is 12.1 Å². The van der Waals surface area contributed by atoms with E-state index in [1.807, 2.05) is 6.08 Å². The third-order valence-electron chi connectivity index (χ3n) is 12.9. The molecular formula is C58H109NO5. The van der Waals surface area contributed by atoms with Crippen LogP contribution in [0.2, 0.25) is 0 Å². The molecule has 0 spiro atoms. The minimum absolute atomic E-state index is 0.0220. The topological polar surface area (TPSA) is 95.9 Å². The molecule has 0 saturated carbocycles. The van der Waals surface area contributed by atoms with Crippen molar-refractivity contribution < 1.29 is 24.5 Å². The van der Waals surface area contributed by atoms with E-state index >= 15 is 0 Å². The number of hydrogen-bond acceptors (Lipinski definition) is 5. The fourth-order valence-corrected chi connectivity index (χ4v) is 8.50. The summed E-state index contributed by atoms with van der Waals surface area (Å²) < 4.78 is 5.46. The fourth-order valence-electron chi connectivity index (χ4n) is 8.50. The molecule has 0 rings (SSSR count). The smallest absolute Gasteiger partial charge is 0.305 e. The Morgan fingerprint density at radius 1 is 0.422 bits per heavy atom. The van der Waals surface area contributed by atoms with Crippen LogP contribution in [-0.2, 0) is 14.3 Å². The molecule has 6 heteroatoms. The number of hydrogen-bond donors (Lipinski definition) is 3.